The van der Waals surface area contributed by atoms with Crippen LogP contribution in [0.1, 0.15) is 54.3 Å². The van der Waals surface area contributed by atoms with Crippen molar-refractivity contribution in [3.63, 3.8) is 0 Å². The molecule has 5 rings (SSSR count). The van der Waals surface area contributed by atoms with Crippen LogP contribution < -0.4 is 4.74 Å². The SMILES string of the molecule is CC[C@H]1CC[C@H](N(Cc2cc(-c3ccccn3)ccc2OC)C(=O)c2sc3c(F)ccc(F)c3c2Cl)CC1. The van der Waals surface area contributed by atoms with Gasteiger partial charge in [0, 0.05) is 29.9 Å². The molecular formula is C30H29ClF2N2O2S. The van der Waals surface area contributed by atoms with E-state index in [0.29, 0.717) is 11.7 Å². The van der Waals surface area contributed by atoms with Gasteiger partial charge in [-0.3, -0.25) is 9.78 Å². The minimum atomic E-state index is -0.638. The summed E-state index contributed by atoms with van der Waals surface area (Å²) in [5.41, 5.74) is 2.56. The van der Waals surface area contributed by atoms with Crippen molar-refractivity contribution in [3.05, 3.63) is 81.8 Å². The van der Waals surface area contributed by atoms with Crippen molar-refractivity contribution in [2.75, 3.05) is 7.11 Å². The molecule has 4 aromatic rings. The molecule has 8 heteroatoms. The maximum absolute atomic E-state index is 14.6. The summed E-state index contributed by atoms with van der Waals surface area (Å²) >= 11 is 7.46. The average molecular weight is 555 g/mol. The molecule has 0 radical (unpaired) electrons. The van der Waals surface area contributed by atoms with Crippen LogP contribution in [0.25, 0.3) is 21.3 Å². The standard InChI is InChI=1S/C30H29ClF2N2O2S/c1-3-18-7-10-21(11-8-18)35(30(36)29-27(31)26-22(32)12-13-23(33)28(26)38-29)17-20-16-19(9-14-25(20)37-2)24-6-4-5-15-34-24/h4-6,9,12-16,18,21H,3,7-8,10-11,17H2,1-2H3/t18-,21-. The van der Waals surface area contributed by atoms with Crippen LogP contribution in [0.5, 0.6) is 5.75 Å². The molecule has 1 aliphatic rings. The summed E-state index contributed by atoms with van der Waals surface area (Å²) in [6, 6.07) is 13.6. The van der Waals surface area contributed by atoms with Crippen LogP contribution in [0.2, 0.25) is 5.02 Å². The van der Waals surface area contributed by atoms with E-state index < -0.39 is 11.6 Å². The highest BCUT2D eigenvalue weighted by molar-refractivity contribution is 7.21. The Morgan fingerprint density at radius 3 is 2.53 bits per heavy atom. The van der Waals surface area contributed by atoms with Crippen LogP contribution >= 0.6 is 22.9 Å². The van der Waals surface area contributed by atoms with Gasteiger partial charge in [0.25, 0.3) is 5.91 Å². The number of carbonyl (C=O) groups is 1. The second-order valence-corrected chi connectivity index (χ2v) is 11.1. The van der Waals surface area contributed by atoms with Gasteiger partial charge in [-0.2, -0.15) is 0 Å². The molecule has 0 aliphatic heterocycles. The van der Waals surface area contributed by atoms with Crippen molar-refractivity contribution in [3.8, 4) is 17.0 Å². The van der Waals surface area contributed by atoms with Gasteiger partial charge < -0.3 is 9.64 Å². The third kappa shape index (κ3) is 5.14. The number of thiophene rings is 1. The van der Waals surface area contributed by atoms with Crippen LogP contribution in [0.3, 0.4) is 0 Å². The number of hydrogen-bond donors (Lipinski definition) is 0. The molecule has 38 heavy (non-hydrogen) atoms. The molecule has 0 spiro atoms. The van der Waals surface area contributed by atoms with Crippen molar-refractivity contribution >= 4 is 38.9 Å². The lowest BCUT2D eigenvalue weighted by Gasteiger charge is -2.37. The first-order valence-corrected chi connectivity index (χ1v) is 14.1. The number of nitrogens with zero attached hydrogens (tertiary/aromatic N) is 2. The molecule has 0 atom stereocenters. The topological polar surface area (TPSA) is 42.4 Å². The summed E-state index contributed by atoms with van der Waals surface area (Å²) in [5, 5.41) is -0.0715. The number of methoxy groups -OCH3 is 1. The largest absolute Gasteiger partial charge is 0.496 e. The predicted molar refractivity (Wildman–Crippen MR) is 149 cm³/mol. The molecule has 0 saturated heterocycles. The molecule has 1 aliphatic carbocycles. The van der Waals surface area contributed by atoms with E-state index in [4.69, 9.17) is 16.3 Å². The van der Waals surface area contributed by atoms with Gasteiger partial charge in [-0.15, -0.1) is 11.3 Å². The Morgan fingerprint density at radius 1 is 1.11 bits per heavy atom. The summed E-state index contributed by atoms with van der Waals surface area (Å²) in [6.07, 6.45) is 6.62. The summed E-state index contributed by atoms with van der Waals surface area (Å²) in [4.78, 5) is 20.6. The van der Waals surface area contributed by atoms with Gasteiger partial charge in [0.2, 0.25) is 0 Å². The lowest BCUT2D eigenvalue weighted by molar-refractivity contribution is 0.0591. The normalized spacial score (nSPS) is 17.5. The molecule has 2 heterocycles. The van der Waals surface area contributed by atoms with Gasteiger partial charge >= 0.3 is 0 Å². The van der Waals surface area contributed by atoms with Crippen molar-refractivity contribution in [2.45, 2.75) is 51.6 Å². The molecule has 2 aromatic carbocycles. The molecule has 0 N–H and O–H groups in total. The monoisotopic (exact) mass is 554 g/mol. The van der Waals surface area contributed by atoms with E-state index >= 15 is 0 Å². The molecular weight excluding hydrogens is 526 g/mol. The zero-order valence-corrected chi connectivity index (χ0v) is 22.9. The first-order chi connectivity index (χ1) is 18.4. The third-order valence-corrected chi connectivity index (χ3v) is 9.23. The summed E-state index contributed by atoms with van der Waals surface area (Å²) in [5.74, 6) is -0.251. The van der Waals surface area contributed by atoms with Gasteiger partial charge in [-0.25, -0.2) is 8.78 Å². The van der Waals surface area contributed by atoms with E-state index in [1.165, 1.54) is 0 Å². The molecule has 1 amide bonds. The highest BCUT2D eigenvalue weighted by Gasteiger charge is 2.33. The van der Waals surface area contributed by atoms with Gasteiger partial charge in [0.05, 0.1) is 27.9 Å². The first kappa shape index (κ1) is 26.6. The summed E-state index contributed by atoms with van der Waals surface area (Å²) in [6.45, 7) is 2.47. The number of pyridine rings is 1. The average Bonchev–Trinajstić information content (AvgIpc) is 3.32. The summed E-state index contributed by atoms with van der Waals surface area (Å²) in [7, 11) is 1.60. The van der Waals surface area contributed by atoms with Crippen molar-refractivity contribution < 1.29 is 18.3 Å². The fourth-order valence-corrected chi connectivity index (χ4v) is 6.88. The van der Waals surface area contributed by atoms with Crippen LogP contribution in [-0.2, 0) is 6.54 Å². The molecule has 0 unspecified atom stereocenters. The van der Waals surface area contributed by atoms with E-state index in [9.17, 15) is 13.6 Å². The summed E-state index contributed by atoms with van der Waals surface area (Å²) < 4.78 is 34.9. The number of carbonyl (C=O) groups excluding carboxylic acids is 1. The van der Waals surface area contributed by atoms with Crippen LogP contribution in [0.15, 0.2) is 54.7 Å². The van der Waals surface area contributed by atoms with E-state index in [1.54, 1.807) is 13.3 Å². The Morgan fingerprint density at radius 2 is 1.87 bits per heavy atom. The third-order valence-electron chi connectivity index (χ3n) is 7.55. The number of ether oxygens (including phenoxy) is 1. The molecule has 4 nitrogen and oxygen atoms in total. The minimum absolute atomic E-state index is 0.0236. The Hall–Kier alpha value is -3.03. The fourth-order valence-electron chi connectivity index (χ4n) is 5.38. The van der Waals surface area contributed by atoms with Gasteiger partial charge in [0.1, 0.15) is 22.3 Å². The second kappa shape index (κ2) is 11.4. The fraction of sp³-hybridized carbons (Fsp3) is 0.333. The lowest BCUT2D eigenvalue weighted by atomic mass is 9.83. The Bertz CT molecular complexity index is 1450. The number of amides is 1. The minimum Gasteiger partial charge on any atom is -0.496 e. The van der Waals surface area contributed by atoms with E-state index in [-0.39, 0.29) is 38.5 Å². The number of rotatable bonds is 7. The predicted octanol–water partition coefficient (Wildman–Crippen LogP) is 8.51. The molecule has 0 bridgehead atoms. The maximum atomic E-state index is 14.6. The first-order valence-electron chi connectivity index (χ1n) is 12.9. The van der Waals surface area contributed by atoms with Gasteiger partial charge in [0.15, 0.2) is 0 Å². The molecule has 198 valence electrons. The maximum Gasteiger partial charge on any atom is 0.266 e. The Labute approximate surface area is 230 Å². The highest BCUT2D eigenvalue weighted by atomic mass is 35.5. The zero-order valence-electron chi connectivity index (χ0n) is 21.3. The van der Waals surface area contributed by atoms with Crippen molar-refractivity contribution in [1.82, 2.24) is 9.88 Å². The quantitative estimate of drug-likeness (QED) is 0.230. The zero-order chi connectivity index (χ0) is 26.8. The second-order valence-electron chi connectivity index (χ2n) is 9.74. The van der Waals surface area contributed by atoms with E-state index in [0.717, 1.165) is 72.4 Å². The van der Waals surface area contributed by atoms with Crippen molar-refractivity contribution in [2.24, 2.45) is 5.92 Å². The highest BCUT2D eigenvalue weighted by Crippen LogP contribution is 2.41. The van der Waals surface area contributed by atoms with E-state index in [1.807, 2.05) is 41.3 Å². The number of fused-ring (bicyclic) bond motifs is 1. The van der Waals surface area contributed by atoms with Crippen LogP contribution in [0, 0.1) is 17.6 Å². The Balaban J connectivity index is 1.56. The molecule has 2 aromatic heterocycles. The van der Waals surface area contributed by atoms with Crippen LogP contribution in [0.4, 0.5) is 8.78 Å². The lowest BCUT2D eigenvalue weighted by Crippen LogP contribution is -2.41. The van der Waals surface area contributed by atoms with E-state index in [2.05, 4.69) is 11.9 Å². The van der Waals surface area contributed by atoms with Gasteiger partial charge in [-0.1, -0.05) is 31.0 Å². The smallest absolute Gasteiger partial charge is 0.266 e. The number of halogens is 3. The number of benzene rings is 2. The van der Waals surface area contributed by atoms with Crippen molar-refractivity contribution in [1.29, 1.82) is 0 Å². The number of hydrogen-bond acceptors (Lipinski definition) is 4. The van der Waals surface area contributed by atoms with Crippen LogP contribution in [-0.4, -0.2) is 28.9 Å². The molecule has 1 saturated carbocycles. The number of aromatic nitrogens is 1. The molecule has 1 fully saturated rings. The van der Waals surface area contributed by atoms with Gasteiger partial charge in [-0.05, 0) is 74.1 Å². The Kier molecular flexibility index (Phi) is 7.96.